The van der Waals surface area contributed by atoms with Crippen LogP contribution in [-0.4, -0.2) is 56.5 Å². The van der Waals surface area contributed by atoms with E-state index in [1.807, 2.05) is 23.1 Å². The van der Waals surface area contributed by atoms with Gasteiger partial charge in [0.25, 0.3) is 0 Å². The van der Waals surface area contributed by atoms with Crippen LogP contribution in [0.1, 0.15) is 24.8 Å². The van der Waals surface area contributed by atoms with Gasteiger partial charge in [-0.25, -0.2) is 4.79 Å². The zero-order valence-electron chi connectivity index (χ0n) is 17.7. The highest BCUT2D eigenvalue weighted by Gasteiger charge is 2.30. The molecule has 3 aromatic rings. The molecule has 9 heteroatoms. The van der Waals surface area contributed by atoms with Crippen molar-refractivity contribution in [2.75, 3.05) is 13.2 Å². The Balaban J connectivity index is 1.41. The fourth-order valence-electron chi connectivity index (χ4n) is 3.85. The summed E-state index contributed by atoms with van der Waals surface area (Å²) in [5, 5.41) is 12.3. The zero-order chi connectivity index (χ0) is 22.2. The lowest BCUT2D eigenvalue weighted by atomic mass is 9.96. The Labute approximate surface area is 192 Å². The highest BCUT2D eigenvalue weighted by atomic mass is 35.5. The number of carbonyl (C=O) groups excluding carboxylic acids is 1. The molecule has 8 nitrogen and oxygen atoms in total. The summed E-state index contributed by atoms with van der Waals surface area (Å²) in [7, 11) is 0. The van der Waals surface area contributed by atoms with Gasteiger partial charge in [0.2, 0.25) is 0 Å². The molecule has 1 fully saturated rings. The topological polar surface area (TPSA) is 82.4 Å². The van der Waals surface area contributed by atoms with Crippen LogP contribution < -0.4 is 4.74 Å². The number of piperidine rings is 1. The molecule has 2 unspecified atom stereocenters. The molecule has 1 amide bonds. The Bertz CT molecular complexity index is 969. The van der Waals surface area contributed by atoms with Gasteiger partial charge in [-0.15, -0.1) is 10.2 Å². The molecule has 32 heavy (non-hydrogen) atoms. The predicted octanol–water partition coefficient (Wildman–Crippen LogP) is 4.01. The van der Waals surface area contributed by atoms with Crippen LogP contribution in [0.5, 0.6) is 5.75 Å². The molecule has 1 saturated heterocycles. The van der Waals surface area contributed by atoms with Crippen LogP contribution in [0.4, 0.5) is 4.79 Å². The lowest BCUT2D eigenvalue weighted by Gasteiger charge is -2.36. The molecular formula is C23H26ClN5O3. The van der Waals surface area contributed by atoms with Crippen molar-refractivity contribution < 1.29 is 14.3 Å². The summed E-state index contributed by atoms with van der Waals surface area (Å²) in [6, 6.07) is 17.4. The number of hydrogen-bond acceptors (Lipinski definition) is 6. The minimum atomic E-state index is -0.577. The fourth-order valence-corrected chi connectivity index (χ4v) is 3.97. The van der Waals surface area contributed by atoms with E-state index in [0.29, 0.717) is 17.3 Å². The van der Waals surface area contributed by atoms with Gasteiger partial charge >= 0.3 is 6.09 Å². The van der Waals surface area contributed by atoms with E-state index in [-0.39, 0.29) is 25.3 Å². The highest BCUT2D eigenvalue weighted by Crippen LogP contribution is 2.22. The lowest BCUT2D eigenvalue weighted by Crippen LogP contribution is -2.47. The van der Waals surface area contributed by atoms with E-state index >= 15 is 0 Å². The molecule has 2 aromatic carbocycles. The average molecular weight is 456 g/mol. The molecule has 1 aromatic heterocycles. The number of aromatic nitrogens is 4. The van der Waals surface area contributed by atoms with E-state index in [1.165, 1.54) is 16.7 Å². The summed E-state index contributed by atoms with van der Waals surface area (Å²) in [4.78, 5) is 16.4. The summed E-state index contributed by atoms with van der Waals surface area (Å²) >= 11 is 5.94. The van der Waals surface area contributed by atoms with Gasteiger partial charge in [-0.2, -0.15) is 4.80 Å². The first kappa shape index (κ1) is 22.1. The minimum Gasteiger partial charge on any atom is -0.490 e. The Kier molecular flexibility index (Phi) is 7.55. The smallest absolute Gasteiger partial charge is 0.410 e. The first-order chi connectivity index (χ1) is 15.7. The van der Waals surface area contributed by atoms with Gasteiger partial charge in [0.05, 0.1) is 0 Å². The van der Waals surface area contributed by atoms with E-state index in [0.717, 1.165) is 25.7 Å². The van der Waals surface area contributed by atoms with E-state index in [1.54, 1.807) is 24.3 Å². The van der Waals surface area contributed by atoms with Crippen LogP contribution in [0.3, 0.4) is 0 Å². The summed E-state index contributed by atoms with van der Waals surface area (Å²) in [6.45, 7) is 1.09. The molecule has 0 bridgehead atoms. The third kappa shape index (κ3) is 6.20. The van der Waals surface area contributed by atoms with Crippen molar-refractivity contribution in [3.8, 4) is 5.75 Å². The third-order valence-corrected chi connectivity index (χ3v) is 5.70. The van der Waals surface area contributed by atoms with Gasteiger partial charge in [0.15, 0.2) is 12.4 Å². The van der Waals surface area contributed by atoms with Crippen LogP contribution in [0.2, 0.25) is 5.02 Å². The molecule has 2 heterocycles. The number of likely N-dealkylation sites (tertiary alicyclic amines) is 1. The zero-order valence-corrected chi connectivity index (χ0v) is 18.5. The molecule has 0 radical (unpaired) electrons. The van der Waals surface area contributed by atoms with Gasteiger partial charge in [-0.3, -0.25) is 0 Å². The van der Waals surface area contributed by atoms with Crippen molar-refractivity contribution >= 4 is 17.7 Å². The number of tetrazole rings is 1. The Morgan fingerprint density at radius 2 is 1.94 bits per heavy atom. The molecule has 168 valence electrons. The summed E-state index contributed by atoms with van der Waals surface area (Å²) in [5.41, 5.74) is 1.21. The van der Waals surface area contributed by atoms with Crippen molar-refractivity contribution in [3.05, 3.63) is 71.5 Å². The van der Waals surface area contributed by atoms with Crippen molar-refractivity contribution in [1.29, 1.82) is 0 Å². The van der Waals surface area contributed by atoms with Crippen molar-refractivity contribution in [1.82, 2.24) is 25.1 Å². The maximum atomic E-state index is 13.2. The monoisotopic (exact) mass is 455 g/mol. The SMILES string of the molecule is O=C(OC(COc1ccc(Cl)cc1)Cn1ncnn1)N1CCCCC1Cc1ccccc1. The first-order valence-corrected chi connectivity index (χ1v) is 11.2. The summed E-state index contributed by atoms with van der Waals surface area (Å²) < 4.78 is 11.7. The number of rotatable bonds is 8. The van der Waals surface area contributed by atoms with Crippen LogP contribution in [0.15, 0.2) is 60.9 Å². The van der Waals surface area contributed by atoms with Crippen LogP contribution in [0, 0.1) is 0 Å². The second-order valence-corrected chi connectivity index (χ2v) is 8.23. The lowest BCUT2D eigenvalue weighted by molar-refractivity contribution is 0.0136. The van der Waals surface area contributed by atoms with Crippen molar-refractivity contribution in [2.45, 2.75) is 44.4 Å². The maximum absolute atomic E-state index is 13.2. The summed E-state index contributed by atoms with van der Waals surface area (Å²) in [5.74, 6) is 0.641. The molecule has 0 spiro atoms. The largest absolute Gasteiger partial charge is 0.490 e. The number of benzene rings is 2. The normalized spacial score (nSPS) is 17.0. The minimum absolute atomic E-state index is 0.112. The second-order valence-electron chi connectivity index (χ2n) is 7.79. The van der Waals surface area contributed by atoms with Gasteiger partial charge in [0, 0.05) is 17.6 Å². The highest BCUT2D eigenvalue weighted by molar-refractivity contribution is 6.30. The molecule has 0 aliphatic carbocycles. The number of halogens is 1. The quantitative estimate of drug-likeness (QED) is 0.510. The molecule has 0 saturated carbocycles. The number of hydrogen-bond donors (Lipinski definition) is 0. The van der Waals surface area contributed by atoms with Crippen LogP contribution in [0.25, 0.3) is 0 Å². The maximum Gasteiger partial charge on any atom is 0.410 e. The standard InChI is InChI=1S/C23H26ClN5O3/c24-19-9-11-21(12-10-19)31-16-22(15-29-26-17-25-27-29)32-23(30)28-13-5-4-8-20(28)14-18-6-2-1-3-7-18/h1-3,6-7,9-12,17,20,22H,4-5,8,13-16H2. The molecular weight excluding hydrogens is 430 g/mol. The Hall–Kier alpha value is -3.13. The van der Waals surface area contributed by atoms with Gasteiger partial charge in [-0.1, -0.05) is 41.9 Å². The number of carbonyl (C=O) groups is 1. The van der Waals surface area contributed by atoms with Crippen molar-refractivity contribution in [3.63, 3.8) is 0 Å². The molecule has 0 N–H and O–H groups in total. The fraction of sp³-hybridized carbons (Fsp3) is 0.391. The Morgan fingerprint density at radius 1 is 1.12 bits per heavy atom. The van der Waals surface area contributed by atoms with Gasteiger partial charge < -0.3 is 14.4 Å². The van der Waals surface area contributed by atoms with E-state index in [4.69, 9.17) is 21.1 Å². The third-order valence-electron chi connectivity index (χ3n) is 5.45. The van der Waals surface area contributed by atoms with Crippen LogP contribution >= 0.6 is 11.6 Å². The predicted molar refractivity (Wildman–Crippen MR) is 120 cm³/mol. The molecule has 1 aliphatic heterocycles. The Morgan fingerprint density at radius 3 is 2.69 bits per heavy atom. The van der Waals surface area contributed by atoms with E-state index < -0.39 is 6.10 Å². The van der Waals surface area contributed by atoms with Gasteiger partial charge in [0.1, 0.15) is 18.9 Å². The van der Waals surface area contributed by atoms with E-state index in [2.05, 4.69) is 27.5 Å². The molecule has 4 rings (SSSR count). The molecule has 2 atom stereocenters. The number of ether oxygens (including phenoxy) is 2. The summed E-state index contributed by atoms with van der Waals surface area (Å²) in [6.07, 6.45) is 4.28. The number of nitrogens with zero attached hydrogens (tertiary/aromatic N) is 5. The average Bonchev–Trinajstić information content (AvgIpc) is 3.32. The molecule has 1 aliphatic rings. The van der Waals surface area contributed by atoms with Gasteiger partial charge in [-0.05, 0) is 60.7 Å². The second kappa shape index (κ2) is 10.9. The van der Waals surface area contributed by atoms with Crippen molar-refractivity contribution in [2.24, 2.45) is 0 Å². The number of amides is 1. The van der Waals surface area contributed by atoms with Crippen LogP contribution in [-0.2, 0) is 17.7 Å². The first-order valence-electron chi connectivity index (χ1n) is 10.8. The van der Waals surface area contributed by atoms with E-state index in [9.17, 15) is 4.79 Å².